The Balaban J connectivity index is 2.06. The minimum atomic E-state index is -0.121. The highest BCUT2D eigenvalue weighted by atomic mass is 16.5. The van der Waals surface area contributed by atoms with E-state index >= 15 is 0 Å². The molecule has 1 N–H and O–H groups in total. The van der Waals surface area contributed by atoms with Gasteiger partial charge in [-0.2, -0.15) is 0 Å². The van der Waals surface area contributed by atoms with Crippen molar-refractivity contribution < 1.29 is 9.53 Å². The molecule has 0 bridgehead atoms. The van der Waals surface area contributed by atoms with Crippen molar-refractivity contribution in [1.29, 1.82) is 0 Å². The van der Waals surface area contributed by atoms with Gasteiger partial charge < -0.3 is 15.0 Å². The fraction of sp³-hybridized carbons (Fsp3) is 0.389. The molecule has 2 aromatic rings. The average Bonchev–Trinajstić information content (AvgIpc) is 2.60. The van der Waals surface area contributed by atoms with Crippen LogP contribution in [0.15, 0.2) is 42.5 Å². The van der Waals surface area contributed by atoms with Gasteiger partial charge in [0.25, 0.3) is 5.91 Å². The number of amides is 1. The van der Waals surface area contributed by atoms with Crippen LogP contribution in [-0.4, -0.2) is 47.3 Å². The van der Waals surface area contributed by atoms with E-state index < -0.39 is 0 Å². The van der Waals surface area contributed by atoms with E-state index in [-0.39, 0.29) is 11.9 Å². The first kappa shape index (κ1) is 17.9. The van der Waals surface area contributed by atoms with E-state index in [1.165, 1.54) is 0 Å². The monoisotopic (exact) mass is 328 g/mol. The highest BCUT2D eigenvalue weighted by Crippen LogP contribution is 2.12. The summed E-state index contributed by atoms with van der Waals surface area (Å²) in [7, 11) is 1.64. The van der Waals surface area contributed by atoms with Gasteiger partial charge in [0, 0.05) is 26.2 Å². The topological polar surface area (TPSA) is 67.3 Å². The van der Waals surface area contributed by atoms with Crippen LogP contribution in [0.5, 0.6) is 0 Å². The summed E-state index contributed by atoms with van der Waals surface area (Å²) >= 11 is 0. The maximum absolute atomic E-state index is 12.7. The molecule has 0 unspecified atom stereocenters. The van der Waals surface area contributed by atoms with Crippen LogP contribution in [0.2, 0.25) is 0 Å². The van der Waals surface area contributed by atoms with Crippen LogP contribution < -0.4 is 5.32 Å². The Bertz CT molecular complexity index is 629. The van der Waals surface area contributed by atoms with Gasteiger partial charge in [0.05, 0.1) is 6.61 Å². The van der Waals surface area contributed by atoms with Gasteiger partial charge in [-0.15, -0.1) is 10.2 Å². The third-order valence-corrected chi connectivity index (χ3v) is 3.58. The number of nitrogens with one attached hydrogen (secondary N) is 1. The quantitative estimate of drug-likeness (QED) is 0.755. The van der Waals surface area contributed by atoms with E-state index in [0.29, 0.717) is 31.2 Å². The molecule has 6 heteroatoms. The molecule has 0 radical (unpaired) electrons. The first-order valence-electron chi connectivity index (χ1n) is 8.03. The predicted molar refractivity (Wildman–Crippen MR) is 93.8 cm³/mol. The Morgan fingerprint density at radius 1 is 1.17 bits per heavy atom. The molecule has 24 heavy (non-hydrogen) atoms. The summed E-state index contributed by atoms with van der Waals surface area (Å²) in [6.45, 7) is 5.77. The van der Waals surface area contributed by atoms with Crippen LogP contribution in [0.1, 0.15) is 29.9 Å². The predicted octanol–water partition coefficient (Wildman–Crippen LogP) is 2.59. The van der Waals surface area contributed by atoms with Gasteiger partial charge in [0.1, 0.15) is 5.82 Å². The lowest BCUT2D eigenvalue weighted by atomic mass is 10.1. The fourth-order valence-corrected chi connectivity index (χ4v) is 2.24. The van der Waals surface area contributed by atoms with Crippen LogP contribution in [0.25, 0.3) is 0 Å². The lowest BCUT2D eigenvalue weighted by molar-refractivity contribution is 0.0683. The van der Waals surface area contributed by atoms with Crippen molar-refractivity contribution in [3.8, 4) is 0 Å². The Morgan fingerprint density at radius 2 is 1.92 bits per heavy atom. The summed E-state index contributed by atoms with van der Waals surface area (Å²) in [5.41, 5.74) is 1.43. The van der Waals surface area contributed by atoms with Gasteiger partial charge in [0.2, 0.25) is 0 Å². The molecule has 1 heterocycles. The number of ether oxygens (including phenoxy) is 1. The van der Waals surface area contributed by atoms with Gasteiger partial charge in [-0.3, -0.25) is 4.79 Å². The molecule has 128 valence electrons. The molecule has 0 aliphatic heterocycles. The van der Waals surface area contributed by atoms with Crippen molar-refractivity contribution in [3.05, 3.63) is 53.7 Å². The molecule has 1 amide bonds. The second kappa shape index (κ2) is 8.98. The number of hydrogen-bond acceptors (Lipinski definition) is 5. The van der Waals surface area contributed by atoms with Gasteiger partial charge in [-0.1, -0.05) is 30.3 Å². The lowest BCUT2D eigenvalue weighted by Crippen LogP contribution is -2.37. The van der Waals surface area contributed by atoms with Crippen LogP contribution in [-0.2, 0) is 11.3 Å². The molecule has 0 saturated heterocycles. The van der Waals surface area contributed by atoms with Crippen molar-refractivity contribution in [1.82, 2.24) is 15.1 Å². The molecule has 1 aromatic carbocycles. The van der Waals surface area contributed by atoms with E-state index in [0.717, 1.165) is 5.56 Å². The number of aromatic nitrogens is 2. The third-order valence-electron chi connectivity index (χ3n) is 3.58. The Kier molecular flexibility index (Phi) is 6.69. The van der Waals surface area contributed by atoms with Crippen LogP contribution in [0.3, 0.4) is 0 Å². The minimum Gasteiger partial charge on any atom is -0.383 e. The average molecular weight is 328 g/mol. The number of anilines is 1. The summed E-state index contributed by atoms with van der Waals surface area (Å²) in [6, 6.07) is 13.5. The van der Waals surface area contributed by atoms with Crippen molar-refractivity contribution in [2.75, 3.05) is 25.6 Å². The zero-order chi connectivity index (χ0) is 17.4. The summed E-state index contributed by atoms with van der Waals surface area (Å²) in [6.07, 6.45) is 0. The molecule has 0 spiro atoms. The maximum atomic E-state index is 12.7. The lowest BCUT2D eigenvalue weighted by Gasteiger charge is -2.26. The van der Waals surface area contributed by atoms with Crippen molar-refractivity contribution in [2.45, 2.75) is 26.4 Å². The van der Waals surface area contributed by atoms with Crippen LogP contribution >= 0.6 is 0 Å². The van der Waals surface area contributed by atoms with E-state index in [2.05, 4.69) is 15.5 Å². The Hall–Kier alpha value is -2.47. The van der Waals surface area contributed by atoms with Crippen molar-refractivity contribution in [3.63, 3.8) is 0 Å². The zero-order valence-electron chi connectivity index (χ0n) is 14.4. The highest BCUT2D eigenvalue weighted by molar-refractivity contribution is 5.92. The molecular formula is C18H24N4O2. The van der Waals surface area contributed by atoms with Gasteiger partial charge in [-0.05, 0) is 31.5 Å². The number of nitrogens with zero attached hydrogens (tertiary/aromatic N) is 3. The number of carbonyl (C=O) groups is 1. The molecule has 0 fully saturated rings. The van der Waals surface area contributed by atoms with Gasteiger partial charge in [-0.25, -0.2) is 0 Å². The third kappa shape index (κ3) is 5.03. The first-order chi connectivity index (χ1) is 11.6. The van der Waals surface area contributed by atoms with Gasteiger partial charge >= 0.3 is 0 Å². The number of hydrogen-bond donors (Lipinski definition) is 1. The van der Waals surface area contributed by atoms with E-state index in [1.54, 1.807) is 24.1 Å². The minimum absolute atomic E-state index is 0.0685. The summed E-state index contributed by atoms with van der Waals surface area (Å²) in [4.78, 5) is 14.5. The second-order valence-corrected chi connectivity index (χ2v) is 5.74. The summed E-state index contributed by atoms with van der Waals surface area (Å²) in [5.74, 6) is 0.507. The molecule has 0 aliphatic rings. The van der Waals surface area contributed by atoms with Crippen molar-refractivity contribution in [2.24, 2.45) is 0 Å². The molecular weight excluding hydrogens is 304 g/mol. The van der Waals surface area contributed by atoms with Crippen molar-refractivity contribution >= 4 is 11.7 Å². The maximum Gasteiger partial charge on any atom is 0.274 e. The number of carbonyl (C=O) groups excluding carboxylic acids is 1. The Morgan fingerprint density at radius 3 is 2.50 bits per heavy atom. The standard InChI is InChI=1S/C18H24N4O2/c1-14(2)22(13-15-7-5-4-6-8-15)18(23)16-9-10-17(21-20-16)19-11-12-24-3/h4-10,14H,11-13H2,1-3H3,(H,19,21). The Labute approximate surface area is 142 Å². The van der Waals surface area contributed by atoms with E-state index in [4.69, 9.17) is 4.74 Å². The smallest absolute Gasteiger partial charge is 0.274 e. The van der Waals surface area contributed by atoms with E-state index in [9.17, 15) is 4.79 Å². The fourth-order valence-electron chi connectivity index (χ4n) is 2.24. The summed E-state index contributed by atoms with van der Waals surface area (Å²) < 4.78 is 4.97. The molecule has 1 aromatic heterocycles. The molecule has 2 rings (SSSR count). The molecule has 0 aliphatic carbocycles. The molecule has 6 nitrogen and oxygen atoms in total. The second-order valence-electron chi connectivity index (χ2n) is 5.74. The normalized spacial score (nSPS) is 10.7. The number of methoxy groups -OCH3 is 1. The highest BCUT2D eigenvalue weighted by Gasteiger charge is 2.20. The van der Waals surface area contributed by atoms with Crippen LogP contribution in [0.4, 0.5) is 5.82 Å². The largest absolute Gasteiger partial charge is 0.383 e. The van der Waals surface area contributed by atoms with Gasteiger partial charge in [0.15, 0.2) is 5.69 Å². The SMILES string of the molecule is COCCNc1ccc(C(=O)N(Cc2ccccc2)C(C)C)nn1. The summed E-state index contributed by atoms with van der Waals surface area (Å²) in [5, 5.41) is 11.2. The van der Waals surface area contributed by atoms with Crippen LogP contribution in [0, 0.1) is 0 Å². The first-order valence-corrected chi connectivity index (χ1v) is 8.03. The number of rotatable bonds is 8. The number of benzene rings is 1. The molecule has 0 saturated carbocycles. The molecule has 0 atom stereocenters. The zero-order valence-corrected chi connectivity index (χ0v) is 14.4. The van der Waals surface area contributed by atoms with E-state index in [1.807, 2.05) is 44.2 Å².